The Morgan fingerprint density at radius 2 is 1.09 bits per heavy atom. The first kappa shape index (κ1) is 26.0. The zero-order valence-electron chi connectivity index (χ0n) is 19.8. The van der Waals surface area contributed by atoms with Crippen LogP contribution in [0.4, 0.5) is 0 Å². The molecule has 0 radical (unpaired) electrons. The number of carbonyl (C=O) groups excluding carboxylic acids is 1. The number of benzene rings is 4. The number of carbonyl (C=O) groups is 1. The number of hydrogen-bond acceptors (Lipinski definition) is 2. The molecule has 4 aromatic carbocycles. The fourth-order valence-electron chi connectivity index (χ4n) is 3.95. The summed E-state index contributed by atoms with van der Waals surface area (Å²) in [6, 6.07) is 43.3. The summed E-state index contributed by atoms with van der Waals surface area (Å²) in [4.78, 5) is 11.8. The quantitative estimate of drug-likeness (QED) is 0.160. The van der Waals surface area contributed by atoms with Crippen molar-refractivity contribution in [3.63, 3.8) is 0 Å². The first-order chi connectivity index (χ1) is 17.2. The molecule has 1 atom stereocenters. The van der Waals surface area contributed by atoms with Crippen molar-refractivity contribution in [1.82, 2.24) is 0 Å². The van der Waals surface area contributed by atoms with Crippen LogP contribution >= 0.6 is 15.8 Å². The third kappa shape index (κ3) is 7.68. The Balaban J connectivity index is 1.58. The van der Waals surface area contributed by atoms with Gasteiger partial charge in [-0.05, 0) is 0 Å². The summed E-state index contributed by atoms with van der Waals surface area (Å²) in [6.07, 6.45) is 3.26. The summed E-state index contributed by atoms with van der Waals surface area (Å²) in [5.74, 6) is -0.184. The van der Waals surface area contributed by atoms with Gasteiger partial charge in [0.15, 0.2) is 0 Å². The van der Waals surface area contributed by atoms with Gasteiger partial charge in [-0.3, -0.25) is 0 Å². The van der Waals surface area contributed by atoms with E-state index in [-0.39, 0.29) is 24.3 Å². The molecule has 0 saturated heterocycles. The maximum absolute atomic E-state index is 11.8. The summed E-state index contributed by atoms with van der Waals surface area (Å²) < 4.78 is 6.00. The van der Waals surface area contributed by atoms with Gasteiger partial charge in [0.1, 0.15) is 0 Å². The van der Waals surface area contributed by atoms with Crippen molar-refractivity contribution < 1.29 is 26.6 Å². The molecule has 182 valence electrons. The van der Waals surface area contributed by atoms with Crippen molar-refractivity contribution in [2.75, 3.05) is 6.16 Å². The second kappa shape index (κ2) is 13.8. The van der Waals surface area contributed by atoms with E-state index in [9.17, 15) is 4.79 Å². The molecular weight excluding hydrogens is 561 g/mol. The Morgan fingerprint density at radius 1 is 0.686 bits per heavy atom. The summed E-state index contributed by atoms with van der Waals surface area (Å²) >= 11 is -0.0819. The van der Waals surface area contributed by atoms with Crippen LogP contribution in [0.3, 0.4) is 0 Å². The van der Waals surface area contributed by atoms with Crippen LogP contribution in [0.25, 0.3) is 0 Å². The standard InChI is InChI=1S/C28H27P2.C2H4O2.Pd/c1-5-15-25(16-6-1)29(26-17-7-2-8-18-26)23-13-14-24-30(27-19-9-3-10-20-27)28-21-11-4-12-22-28;1-2(3)4;/h1-12,15-23H,13-14,24H2;1H3,(H,3,4);/q;;+1/p-1. The second-order valence-corrected chi connectivity index (χ2v) is 15.2. The molecular formula is C30H30O2P2Pd. The van der Waals surface area contributed by atoms with Crippen molar-refractivity contribution in [3.05, 3.63) is 121 Å². The fourth-order valence-corrected chi connectivity index (χ4v) is 11.8. The topological polar surface area (TPSA) is 26.3 Å². The van der Waals surface area contributed by atoms with Crippen LogP contribution in [0.1, 0.15) is 19.8 Å². The SMILES string of the molecule is CC(=O)[O][Pd][CH](CCCP(c1ccccc1)c1ccccc1)P(c1ccccc1)c1ccccc1. The van der Waals surface area contributed by atoms with Gasteiger partial charge in [0.25, 0.3) is 0 Å². The Labute approximate surface area is 220 Å². The fraction of sp³-hybridized carbons (Fsp3) is 0.167. The van der Waals surface area contributed by atoms with E-state index in [2.05, 4.69) is 121 Å². The van der Waals surface area contributed by atoms with E-state index in [1.807, 2.05) is 0 Å². The molecule has 0 aromatic heterocycles. The van der Waals surface area contributed by atoms with E-state index >= 15 is 0 Å². The van der Waals surface area contributed by atoms with Gasteiger partial charge in [0, 0.05) is 0 Å². The third-order valence-electron chi connectivity index (χ3n) is 5.49. The normalized spacial score (nSPS) is 12.1. The van der Waals surface area contributed by atoms with Crippen molar-refractivity contribution in [2.45, 2.75) is 23.9 Å². The molecule has 1 unspecified atom stereocenters. The average molecular weight is 591 g/mol. The van der Waals surface area contributed by atoms with Crippen molar-refractivity contribution in [3.8, 4) is 0 Å². The average Bonchev–Trinajstić information content (AvgIpc) is 2.91. The maximum atomic E-state index is 11.8. The minimum absolute atomic E-state index is 0.0819. The van der Waals surface area contributed by atoms with Crippen LogP contribution in [0, 0.1) is 0 Å². The van der Waals surface area contributed by atoms with Gasteiger partial charge in [0.05, 0.1) is 0 Å². The van der Waals surface area contributed by atoms with E-state index in [1.54, 1.807) is 0 Å². The van der Waals surface area contributed by atoms with Crippen molar-refractivity contribution in [2.24, 2.45) is 0 Å². The van der Waals surface area contributed by atoms with E-state index in [1.165, 1.54) is 28.1 Å². The summed E-state index contributed by atoms with van der Waals surface area (Å²) in [5, 5.41) is 5.53. The molecule has 0 amide bonds. The predicted molar refractivity (Wildman–Crippen MR) is 148 cm³/mol. The van der Waals surface area contributed by atoms with Gasteiger partial charge < -0.3 is 0 Å². The summed E-state index contributed by atoms with van der Waals surface area (Å²) in [5.41, 5.74) is 0. The van der Waals surface area contributed by atoms with E-state index < -0.39 is 15.8 Å². The molecule has 5 heteroatoms. The molecule has 4 aromatic rings. The summed E-state index contributed by atoms with van der Waals surface area (Å²) in [6.45, 7) is 1.52. The molecule has 0 saturated carbocycles. The molecule has 0 aliphatic heterocycles. The first-order valence-electron chi connectivity index (χ1n) is 11.7. The Hall–Kier alpha value is -2.13. The van der Waals surface area contributed by atoms with Gasteiger partial charge >= 0.3 is 221 Å². The van der Waals surface area contributed by atoms with E-state index in [0.717, 1.165) is 19.0 Å². The van der Waals surface area contributed by atoms with Gasteiger partial charge in [0.2, 0.25) is 0 Å². The van der Waals surface area contributed by atoms with Crippen molar-refractivity contribution in [1.29, 1.82) is 0 Å². The van der Waals surface area contributed by atoms with Gasteiger partial charge in [-0.2, -0.15) is 0 Å². The van der Waals surface area contributed by atoms with Crippen LogP contribution in [-0.4, -0.2) is 16.3 Å². The third-order valence-corrected chi connectivity index (χ3v) is 13.7. The number of rotatable bonds is 11. The van der Waals surface area contributed by atoms with Crippen LogP contribution in [0.15, 0.2) is 121 Å². The molecule has 4 rings (SSSR count). The monoisotopic (exact) mass is 590 g/mol. The molecule has 0 fully saturated rings. The molecule has 35 heavy (non-hydrogen) atoms. The van der Waals surface area contributed by atoms with Crippen LogP contribution in [0.5, 0.6) is 0 Å². The van der Waals surface area contributed by atoms with E-state index in [4.69, 9.17) is 3.46 Å². The second-order valence-electron chi connectivity index (χ2n) is 8.03. The molecule has 0 N–H and O–H groups in total. The Bertz CT molecular complexity index is 1080. The van der Waals surface area contributed by atoms with Crippen LogP contribution in [0.2, 0.25) is 0 Å². The summed E-state index contributed by atoms with van der Waals surface area (Å²) in [7, 11) is -1.06. The molecule has 0 bridgehead atoms. The zero-order chi connectivity index (χ0) is 24.3. The Morgan fingerprint density at radius 3 is 1.49 bits per heavy atom. The first-order valence-corrected chi connectivity index (χ1v) is 16.2. The van der Waals surface area contributed by atoms with Gasteiger partial charge in [-0.25, -0.2) is 0 Å². The minimum atomic E-state index is -0.632. The van der Waals surface area contributed by atoms with Crippen LogP contribution < -0.4 is 21.2 Å². The number of hydrogen-bond donors (Lipinski definition) is 0. The molecule has 0 aliphatic rings. The van der Waals surface area contributed by atoms with Gasteiger partial charge in [-0.1, -0.05) is 0 Å². The van der Waals surface area contributed by atoms with Crippen LogP contribution in [-0.2, 0) is 26.6 Å². The molecule has 2 nitrogen and oxygen atoms in total. The van der Waals surface area contributed by atoms with Crippen molar-refractivity contribution >= 4 is 43.0 Å². The Kier molecular flexibility index (Phi) is 10.3. The zero-order valence-corrected chi connectivity index (χ0v) is 23.1. The molecule has 0 heterocycles. The predicted octanol–water partition coefficient (Wildman–Crippen LogP) is 5.92. The molecule has 0 aliphatic carbocycles. The molecule has 0 spiro atoms. The van der Waals surface area contributed by atoms with E-state index in [0.29, 0.717) is 4.13 Å². The van der Waals surface area contributed by atoms with Gasteiger partial charge in [-0.15, -0.1) is 0 Å².